The molecule has 0 aromatic heterocycles. The Labute approximate surface area is 87.1 Å². The Kier molecular flexibility index (Phi) is 2.03. The molecule has 0 aromatic rings. The third-order valence-electron chi connectivity index (χ3n) is 3.35. The number of carboxylic acids is 1. The summed E-state index contributed by atoms with van der Waals surface area (Å²) in [4.78, 5) is 23.9. The lowest BCUT2D eigenvalue weighted by Gasteiger charge is -2.34. The lowest BCUT2D eigenvalue weighted by molar-refractivity contribution is -0.150. The topological polar surface area (TPSA) is 57.6 Å². The second-order valence-electron chi connectivity index (χ2n) is 4.86. The minimum absolute atomic E-state index is 0.0267. The number of alkyl halides is 1. The fourth-order valence-electron chi connectivity index (χ4n) is 2.56. The molecule has 4 nitrogen and oxygen atoms in total. The van der Waals surface area contributed by atoms with Crippen LogP contribution >= 0.6 is 0 Å². The normalized spacial score (nSPS) is 33.8. The van der Waals surface area contributed by atoms with Crippen LogP contribution in [0.25, 0.3) is 0 Å². The second-order valence-corrected chi connectivity index (χ2v) is 4.86. The molecule has 2 aliphatic heterocycles. The van der Waals surface area contributed by atoms with Crippen LogP contribution in [0.5, 0.6) is 0 Å². The number of carboxylic acid groups (broad SMARTS) is 1. The average molecular weight is 215 g/mol. The second kappa shape index (κ2) is 2.93. The molecular formula is C10H14FNO3. The van der Waals surface area contributed by atoms with Crippen molar-refractivity contribution in [2.24, 2.45) is 11.8 Å². The molecule has 1 aliphatic carbocycles. The van der Waals surface area contributed by atoms with Crippen molar-refractivity contribution >= 4 is 11.9 Å². The van der Waals surface area contributed by atoms with E-state index in [9.17, 15) is 14.0 Å². The van der Waals surface area contributed by atoms with E-state index in [-0.39, 0.29) is 12.0 Å². The van der Waals surface area contributed by atoms with Crippen molar-refractivity contribution in [1.29, 1.82) is 0 Å². The molecule has 3 aliphatic rings. The van der Waals surface area contributed by atoms with Gasteiger partial charge in [0.15, 0.2) is 5.67 Å². The standard InChI is InChI=1S/C10H14FNO3/c1-10(2,11)9(15)12-4-5-3-6(12)7(5)8(13)14/h5-7H,3-4H2,1-2H3,(H,13,14). The smallest absolute Gasteiger partial charge is 0.308 e. The Morgan fingerprint density at radius 2 is 2.07 bits per heavy atom. The van der Waals surface area contributed by atoms with Crippen molar-refractivity contribution in [2.45, 2.75) is 32.0 Å². The van der Waals surface area contributed by atoms with Gasteiger partial charge in [-0.05, 0) is 26.2 Å². The zero-order chi connectivity index (χ0) is 11.4. The predicted octanol–water partition coefficient (Wildman–Crippen LogP) is 0.666. The van der Waals surface area contributed by atoms with E-state index in [4.69, 9.17) is 5.11 Å². The van der Waals surface area contributed by atoms with Gasteiger partial charge in [0, 0.05) is 12.6 Å². The molecule has 2 heterocycles. The molecule has 3 fully saturated rings. The molecule has 3 rings (SSSR count). The van der Waals surface area contributed by atoms with Crippen molar-refractivity contribution in [3.8, 4) is 0 Å². The van der Waals surface area contributed by atoms with Crippen molar-refractivity contribution in [3.63, 3.8) is 0 Å². The number of hydrogen-bond acceptors (Lipinski definition) is 2. The number of halogens is 1. The van der Waals surface area contributed by atoms with E-state index in [0.717, 1.165) is 0 Å². The number of aliphatic carboxylic acids is 1. The zero-order valence-corrected chi connectivity index (χ0v) is 8.74. The van der Waals surface area contributed by atoms with Crippen LogP contribution in [0.4, 0.5) is 4.39 Å². The first-order valence-corrected chi connectivity index (χ1v) is 5.05. The van der Waals surface area contributed by atoms with Gasteiger partial charge in [-0.1, -0.05) is 0 Å². The highest BCUT2D eigenvalue weighted by molar-refractivity contribution is 5.86. The van der Waals surface area contributed by atoms with Crippen LogP contribution < -0.4 is 0 Å². The Morgan fingerprint density at radius 3 is 2.47 bits per heavy atom. The maximum Gasteiger partial charge on any atom is 0.308 e. The van der Waals surface area contributed by atoms with E-state index in [1.165, 1.54) is 18.7 Å². The highest BCUT2D eigenvalue weighted by Gasteiger charge is 2.58. The summed E-state index contributed by atoms with van der Waals surface area (Å²) in [6.07, 6.45) is 0.707. The van der Waals surface area contributed by atoms with Gasteiger partial charge in [-0.15, -0.1) is 0 Å². The minimum atomic E-state index is -1.90. The SMILES string of the molecule is CC(C)(F)C(=O)N1CC2CC1C2C(=O)O. The van der Waals surface area contributed by atoms with Gasteiger partial charge in [-0.2, -0.15) is 0 Å². The maximum absolute atomic E-state index is 13.4. The molecule has 2 saturated heterocycles. The fourth-order valence-corrected chi connectivity index (χ4v) is 2.56. The molecular weight excluding hydrogens is 201 g/mol. The number of carbonyl (C=O) groups excluding carboxylic acids is 1. The summed E-state index contributed by atoms with van der Waals surface area (Å²) in [6.45, 7) is 2.81. The molecule has 1 saturated carbocycles. The van der Waals surface area contributed by atoms with Gasteiger partial charge in [0.25, 0.3) is 5.91 Å². The van der Waals surface area contributed by atoms with Crippen LogP contribution in [-0.2, 0) is 9.59 Å². The fraction of sp³-hybridized carbons (Fsp3) is 0.800. The summed E-state index contributed by atoms with van der Waals surface area (Å²) >= 11 is 0. The van der Waals surface area contributed by atoms with Crippen molar-refractivity contribution in [1.82, 2.24) is 4.90 Å². The molecule has 3 unspecified atom stereocenters. The highest BCUT2D eigenvalue weighted by Crippen LogP contribution is 2.47. The van der Waals surface area contributed by atoms with Crippen LogP contribution in [0.15, 0.2) is 0 Å². The molecule has 5 heteroatoms. The molecule has 0 aromatic carbocycles. The molecule has 0 spiro atoms. The van der Waals surface area contributed by atoms with Crippen LogP contribution in [0.3, 0.4) is 0 Å². The van der Waals surface area contributed by atoms with E-state index in [2.05, 4.69) is 0 Å². The molecule has 1 amide bonds. The Balaban J connectivity index is 2.11. The number of hydrogen-bond donors (Lipinski definition) is 1. The zero-order valence-electron chi connectivity index (χ0n) is 8.74. The van der Waals surface area contributed by atoms with Crippen molar-refractivity contribution in [2.75, 3.05) is 6.54 Å². The number of nitrogens with zero attached hydrogens (tertiary/aromatic N) is 1. The van der Waals surface area contributed by atoms with Crippen molar-refractivity contribution in [3.05, 3.63) is 0 Å². The molecule has 2 bridgehead atoms. The van der Waals surface area contributed by atoms with Gasteiger partial charge in [0.2, 0.25) is 0 Å². The summed E-state index contributed by atoms with van der Waals surface area (Å²) in [7, 11) is 0. The number of carbonyl (C=O) groups is 2. The van der Waals surface area contributed by atoms with Crippen molar-refractivity contribution < 1.29 is 19.1 Å². The number of fused-ring (bicyclic) bond motifs is 1. The molecule has 0 radical (unpaired) electrons. The minimum Gasteiger partial charge on any atom is -0.481 e. The van der Waals surface area contributed by atoms with E-state index in [1.807, 2.05) is 0 Å². The average Bonchev–Trinajstić information content (AvgIpc) is 2.55. The van der Waals surface area contributed by atoms with E-state index >= 15 is 0 Å². The third kappa shape index (κ3) is 1.41. The number of amides is 1. The van der Waals surface area contributed by atoms with Gasteiger partial charge in [-0.3, -0.25) is 9.59 Å². The Morgan fingerprint density at radius 1 is 1.47 bits per heavy atom. The van der Waals surface area contributed by atoms with E-state index in [1.54, 1.807) is 0 Å². The lowest BCUT2D eigenvalue weighted by atomic mass is 9.74. The summed E-state index contributed by atoms with van der Waals surface area (Å²) in [5.74, 6) is -1.91. The van der Waals surface area contributed by atoms with Gasteiger partial charge < -0.3 is 10.0 Å². The van der Waals surface area contributed by atoms with Crippen LogP contribution in [0.1, 0.15) is 20.3 Å². The Hall–Kier alpha value is -1.13. The molecule has 15 heavy (non-hydrogen) atoms. The first kappa shape index (κ1) is 10.4. The highest BCUT2D eigenvalue weighted by atomic mass is 19.1. The van der Waals surface area contributed by atoms with Gasteiger partial charge in [0.05, 0.1) is 5.92 Å². The molecule has 1 N–H and O–H groups in total. The summed E-state index contributed by atoms with van der Waals surface area (Å²) in [5.41, 5.74) is -1.90. The predicted molar refractivity (Wildman–Crippen MR) is 49.9 cm³/mol. The van der Waals surface area contributed by atoms with Crippen LogP contribution in [-0.4, -0.2) is 40.1 Å². The number of rotatable bonds is 2. The van der Waals surface area contributed by atoms with Gasteiger partial charge >= 0.3 is 5.97 Å². The van der Waals surface area contributed by atoms with Crippen LogP contribution in [0.2, 0.25) is 0 Å². The monoisotopic (exact) mass is 215 g/mol. The first-order valence-electron chi connectivity index (χ1n) is 5.05. The summed E-state index contributed by atoms with van der Waals surface area (Å²) in [6, 6.07) is -0.282. The van der Waals surface area contributed by atoms with Crippen LogP contribution in [0, 0.1) is 11.8 Å². The quantitative estimate of drug-likeness (QED) is 0.736. The van der Waals surface area contributed by atoms with Gasteiger partial charge in [0.1, 0.15) is 0 Å². The summed E-state index contributed by atoms with van der Waals surface area (Å²) < 4.78 is 13.4. The maximum atomic E-state index is 13.4. The molecule has 84 valence electrons. The first-order chi connectivity index (χ1) is 6.82. The lowest BCUT2D eigenvalue weighted by Crippen LogP contribution is -2.49. The van der Waals surface area contributed by atoms with Gasteiger partial charge in [-0.25, -0.2) is 4.39 Å². The summed E-state index contributed by atoms with van der Waals surface area (Å²) in [5, 5.41) is 8.88. The molecule has 3 atom stereocenters. The third-order valence-corrected chi connectivity index (χ3v) is 3.35. The largest absolute Gasteiger partial charge is 0.481 e. The van der Waals surface area contributed by atoms with E-state index in [0.29, 0.717) is 13.0 Å². The Bertz CT molecular complexity index is 323. The van der Waals surface area contributed by atoms with E-state index < -0.39 is 23.5 Å².